The van der Waals surface area contributed by atoms with Crippen molar-refractivity contribution in [2.75, 3.05) is 51.3 Å². The van der Waals surface area contributed by atoms with Crippen LogP contribution in [-0.4, -0.2) is 84.1 Å². The number of anilines is 1. The normalized spacial score (nSPS) is 26.0. The number of nitrogens with one attached hydrogen (secondary N) is 1. The Morgan fingerprint density at radius 2 is 2.07 bits per heavy atom. The molecule has 3 aliphatic rings. The number of rotatable bonds is 3. The second kappa shape index (κ2) is 7.67. The number of urea groups is 1. The summed E-state index contributed by atoms with van der Waals surface area (Å²) in [6, 6.07) is 1.21. The number of hydrogen-bond donors (Lipinski definition) is 1. The van der Waals surface area contributed by atoms with Gasteiger partial charge in [0.05, 0.1) is 18.8 Å². The predicted molar refractivity (Wildman–Crippen MR) is 98.3 cm³/mol. The first-order chi connectivity index (χ1) is 13.1. The van der Waals surface area contributed by atoms with Crippen LogP contribution in [0.2, 0.25) is 0 Å². The summed E-state index contributed by atoms with van der Waals surface area (Å²) >= 11 is 0. The molecule has 3 amide bonds. The van der Waals surface area contributed by atoms with Crippen LogP contribution in [0.3, 0.4) is 0 Å². The summed E-state index contributed by atoms with van der Waals surface area (Å²) < 4.78 is 5.86. The topological polar surface area (TPSA) is 90.9 Å². The Kier molecular flexibility index (Phi) is 5.11. The van der Waals surface area contributed by atoms with E-state index >= 15 is 0 Å². The number of morpholine rings is 1. The molecule has 9 heteroatoms. The molecule has 4 heterocycles. The number of likely N-dealkylation sites (N-methyl/N-ethyl adjacent to an activating group) is 1. The standard InChI is InChI=1S/C18H26N6O3/c1-22-9-5-14(16(22)25)21-18(26)24-10-11-27-15(12-24)13-4-6-19-17(20-13)23-7-2-3-8-23/h4,6,14-15H,2-3,5,7-12H2,1H3,(H,21,26)/t14-,15-/m1/s1. The van der Waals surface area contributed by atoms with Crippen LogP contribution in [-0.2, 0) is 9.53 Å². The third-order valence-corrected chi connectivity index (χ3v) is 5.46. The monoisotopic (exact) mass is 374 g/mol. The SMILES string of the molecule is CN1CC[C@@H](NC(=O)N2CCO[C@@H](c3ccnc(N4CCCC4)n3)C2)C1=O. The molecule has 146 valence electrons. The molecule has 0 spiro atoms. The van der Waals surface area contributed by atoms with Crippen molar-refractivity contribution >= 4 is 17.9 Å². The Morgan fingerprint density at radius 3 is 2.81 bits per heavy atom. The summed E-state index contributed by atoms with van der Waals surface area (Å²) in [5.74, 6) is 0.703. The lowest BCUT2D eigenvalue weighted by molar-refractivity contribution is -0.128. The number of aromatic nitrogens is 2. The number of carbonyl (C=O) groups is 2. The lowest BCUT2D eigenvalue weighted by atomic mass is 10.2. The van der Waals surface area contributed by atoms with Gasteiger partial charge in [-0.3, -0.25) is 4.79 Å². The molecule has 9 nitrogen and oxygen atoms in total. The van der Waals surface area contributed by atoms with E-state index in [0.717, 1.165) is 37.6 Å². The van der Waals surface area contributed by atoms with E-state index < -0.39 is 6.04 Å². The third kappa shape index (κ3) is 3.83. The van der Waals surface area contributed by atoms with Gasteiger partial charge in [0, 0.05) is 39.4 Å². The maximum atomic E-state index is 12.6. The molecule has 3 aliphatic heterocycles. The molecule has 0 aromatic carbocycles. The average Bonchev–Trinajstić information content (AvgIpc) is 3.34. The molecule has 27 heavy (non-hydrogen) atoms. The zero-order chi connectivity index (χ0) is 18.8. The summed E-state index contributed by atoms with van der Waals surface area (Å²) in [6.45, 7) is 4.00. The van der Waals surface area contributed by atoms with Crippen molar-refractivity contribution in [2.45, 2.75) is 31.4 Å². The summed E-state index contributed by atoms with van der Waals surface area (Å²) in [5.41, 5.74) is 0.793. The predicted octanol–water partition coefficient (Wildman–Crippen LogP) is 0.390. The molecule has 1 aromatic heterocycles. The van der Waals surface area contributed by atoms with Crippen LogP contribution in [0.15, 0.2) is 12.3 Å². The molecule has 1 N–H and O–H groups in total. The minimum atomic E-state index is -0.426. The lowest BCUT2D eigenvalue weighted by Gasteiger charge is -2.33. The van der Waals surface area contributed by atoms with Crippen LogP contribution in [0.5, 0.6) is 0 Å². The van der Waals surface area contributed by atoms with E-state index in [4.69, 9.17) is 4.74 Å². The highest BCUT2D eigenvalue weighted by atomic mass is 16.5. The van der Waals surface area contributed by atoms with E-state index in [1.807, 2.05) is 6.07 Å². The van der Waals surface area contributed by atoms with Gasteiger partial charge in [0.1, 0.15) is 12.1 Å². The fraction of sp³-hybridized carbons (Fsp3) is 0.667. The van der Waals surface area contributed by atoms with Crippen molar-refractivity contribution in [3.63, 3.8) is 0 Å². The van der Waals surface area contributed by atoms with Crippen LogP contribution in [0, 0.1) is 0 Å². The molecule has 0 aliphatic carbocycles. The highest BCUT2D eigenvalue weighted by Gasteiger charge is 2.33. The van der Waals surface area contributed by atoms with Gasteiger partial charge in [-0.15, -0.1) is 0 Å². The van der Waals surface area contributed by atoms with Crippen molar-refractivity contribution in [3.8, 4) is 0 Å². The molecule has 0 radical (unpaired) electrons. The van der Waals surface area contributed by atoms with Gasteiger partial charge in [-0.25, -0.2) is 14.8 Å². The fourth-order valence-electron chi connectivity index (χ4n) is 3.82. The lowest BCUT2D eigenvalue weighted by Crippen LogP contribution is -2.51. The Hall–Kier alpha value is -2.42. The molecule has 1 aromatic rings. The van der Waals surface area contributed by atoms with Gasteiger partial charge in [0.15, 0.2) is 0 Å². The summed E-state index contributed by atoms with van der Waals surface area (Å²) in [5, 5.41) is 2.86. The van der Waals surface area contributed by atoms with Crippen molar-refractivity contribution in [1.82, 2.24) is 25.1 Å². The highest BCUT2D eigenvalue weighted by Crippen LogP contribution is 2.23. The van der Waals surface area contributed by atoms with Crippen molar-refractivity contribution in [3.05, 3.63) is 18.0 Å². The van der Waals surface area contributed by atoms with Gasteiger partial charge >= 0.3 is 6.03 Å². The Labute approximate surface area is 158 Å². The fourth-order valence-corrected chi connectivity index (χ4v) is 3.82. The minimum absolute atomic E-state index is 0.0285. The quantitative estimate of drug-likeness (QED) is 0.823. The first-order valence-corrected chi connectivity index (χ1v) is 9.62. The number of likely N-dealkylation sites (tertiary alicyclic amines) is 1. The smallest absolute Gasteiger partial charge is 0.318 e. The Bertz CT molecular complexity index is 708. The van der Waals surface area contributed by atoms with E-state index in [-0.39, 0.29) is 18.0 Å². The average molecular weight is 374 g/mol. The van der Waals surface area contributed by atoms with Crippen LogP contribution < -0.4 is 10.2 Å². The van der Waals surface area contributed by atoms with Crippen molar-refractivity contribution in [1.29, 1.82) is 0 Å². The second-order valence-corrected chi connectivity index (χ2v) is 7.33. The molecule has 0 bridgehead atoms. The number of carbonyl (C=O) groups excluding carboxylic acids is 2. The van der Waals surface area contributed by atoms with Crippen LogP contribution in [0.4, 0.5) is 10.7 Å². The van der Waals surface area contributed by atoms with Gasteiger partial charge < -0.3 is 24.8 Å². The molecular formula is C18H26N6O3. The minimum Gasteiger partial charge on any atom is -0.368 e. The summed E-state index contributed by atoms with van der Waals surface area (Å²) in [7, 11) is 1.76. The Balaban J connectivity index is 1.40. The van der Waals surface area contributed by atoms with E-state index in [1.54, 1.807) is 23.0 Å². The van der Waals surface area contributed by atoms with Gasteiger partial charge in [0.2, 0.25) is 11.9 Å². The molecular weight excluding hydrogens is 348 g/mol. The van der Waals surface area contributed by atoms with Crippen LogP contribution in [0.1, 0.15) is 31.1 Å². The van der Waals surface area contributed by atoms with E-state index in [0.29, 0.717) is 32.7 Å². The maximum absolute atomic E-state index is 12.6. The second-order valence-electron chi connectivity index (χ2n) is 7.33. The van der Waals surface area contributed by atoms with Crippen molar-refractivity contribution < 1.29 is 14.3 Å². The van der Waals surface area contributed by atoms with Crippen molar-refractivity contribution in [2.24, 2.45) is 0 Å². The maximum Gasteiger partial charge on any atom is 0.318 e. The van der Waals surface area contributed by atoms with Gasteiger partial charge in [0.25, 0.3) is 0 Å². The molecule has 4 rings (SSSR count). The first kappa shape index (κ1) is 18.0. The number of amides is 3. The van der Waals surface area contributed by atoms with Crippen LogP contribution >= 0.6 is 0 Å². The summed E-state index contributed by atoms with van der Waals surface area (Å²) in [4.78, 5) is 39.2. The van der Waals surface area contributed by atoms with E-state index in [9.17, 15) is 9.59 Å². The molecule has 0 unspecified atom stereocenters. The Morgan fingerprint density at radius 1 is 1.26 bits per heavy atom. The first-order valence-electron chi connectivity index (χ1n) is 9.62. The number of ether oxygens (including phenoxy) is 1. The van der Waals surface area contributed by atoms with Gasteiger partial charge in [-0.1, -0.05) is 0 Å². The van der Waals surface area contributed by atoms with Gasteiger partial charge in [-0.05, 0) is 25.3 Å². The molecule has 2 atom stereocenters. The third-order valence-electron chi connectivity index (χ3n) is 5.46. The number of hydrogen-bond acceptors (Lipinski definition) is 6. The van der Waals surface area contributed by atoms with E-state index in [2.05, 4.69) is 20.2 Å². The zero-order valence-corrected chi connectivity index (χ0v) is 15.6. The summed E-state index contributed by atoms with van der Waals surface area (Å²) in [6.07, 6.45) is 4.45. The molecule has 3 saturated heterocycles. The molecule has 3 fully saturated rings. The largest absolute Gasteiger partial charge is 0.368 e. The molecule has 0 saturated carbocycles. The van der Waals surface area contributed by atoms with E-state index in [1.165, 1.54) is 0 Å². The van der Waals surface area contributed by atoms with Crippen LogP contribution in [0.25, 0.3) is 0 Å². The van der Waals surface area contributed by atoms with Gasteiger partial charge in [-0.2, -0.15) is 0 Å². The highest BCUT2D eigenvalue weighted by molar-refractivity contribution is 5.88. The zero-order valence-electron chi connectivity index (χ0n) is 15.6. The number of nitrogens with zero attached hydrogens (tertiary/aromatic N) is 5.